The van der Waals surface area contributed by atoms with Crippen molar-refractivity contribution in [2.24, 2.45) is 0 Å². The molecule has 10 heteroatoms. The number of hydrogen-bond acceptors (Lipinski definition) is 5. The van der Waals surface area contributed by atoms with E-state index in [2.05, 4.69) is 5.10 Å². The highest BCUT2D eigenvalue weighted by Crippen LogP contribution is 2.41. The lowest BCUT2D eigenvalue weighted by atomic mass is 9.88. The molecule has 35 heavy (non-hydrogen) atoms. The van der Waals surface area contributed by atoms with Crippen molar-refractivity contribution in [3.63, 3.8) is 0 Å². The normalized spacial score (nSPS) is 15.0. The summed E-state index contributed by atoms with van der Waals surface area (Å²) < 4.78 is 26.8. The van der Waals surface area contributed by atoms with Gasteiger partial charge in [-0.15, -0.1) is 0 Å². The first-order valence-corrected chi connectivity index (χ1v) is 11.5. The summed E-state index contributed by atoms with van der Waals surface area (Å²) in [7, 11) is 0. The van der Waals surface area contributed by atoms with Crippen molar-refractivity contribution in [1.29, 1.82) is 0 Å². The fraction of sp³-hybridized carbons (Fsp3) is 0.320. The molecule has 0 saturated heterocycles. The number of ether oxygens (including phenoxy) is 2. The first kappa shape index (κ1) is 24.5. The number of halogens is 2. The summed E-state index contributed by atoms with van der Waals surface area (Å²) in [5, 5.41) is 13.8. The summed E-state index contributed by atoms with van der Waals surface area (Å²) in [6.07, 6.45) is -0.127. The average Bonchev–Trinajstić information content (AvgIpc) is 3.13. The molecule has 4 rings (SSSR count). The van der Waals surface area contributed by atoms with Crippen molar-refractivity contribution in [3.8, 4) is 5.75 Å². The number of carboxylic acid groups (broad SMARTS) is 1. The molecule has 1 aliphatic heterocycles. The Morgan fingerprint density at radius 3 is 2.69 bits per heavy atom. The van der Waals surface area contributed by atoms with Gasteiger partial charge in [0.2, 0.25) is 0 Å². The maximum absolute atomic E-state index is 14.0. The van der Waals surface area contributed by atoms with Crippen LogP contribution in [0.2, 0.25) is 5.02 Å². The standard InChI is InChI=1S/C25H25ClFN3O5/c1-15-11-16(2)30(28-15)9-10-34-25(33)29-8-7-17-12-19(27)4-5-20(17)24(29)21-13-18(26)3-6-22(21)35-14-23(31)32/h3-6,11-13,24H,7-10,14H2,1-2H3,(H,31,32). The number of hydrogen-bond donors (Lipinski definition) is 1. The SMILES string of the molecule is Cc1cc(C)n(CCOC(=O)N2CCc3cc(F)ccc3C2c2cc(Cl)ccc2OCC(=O)O)n1. The van der Waals surface area contributed by atoms with E-state index in [1.165, 1.54) is 17.0 Å². The number of amides is 1. The van der Waals surface area contributed by atoms with Crippen LogP contribution in [0.1, 0.15) is 34.1 Å². The van der Waals surface area contributed by atoms with Crippen LogP contribution in [0.4, 0.5) is 9.18 Å². The summed E-state index contributed by atoms with van der Waals surface area (Å²) in [6.45, 7) is 4.03. The monoisotopic (exact) mass is 501 g/mol. The van der Waals surface area contributed by atoms with Gasteiger partial charge in [0.05, 0.1) is 18.3 Å². The summed E-state index contributed by atoms with van der Waals surface area (Å²) in [5.41, 5.74) is 3.76. The fourth-order valence-corrected chi connectivity index (χ4v) is 4.52. The van der Waals surface area contributed by atoms with Crippen LogP contribution in [0.5, 0.6) is 5.75 Å². The zero-order valence-corrected chi connectivity index (χ0v) is 20.1. The van der Waals surface area contributed by atoms with Gasteiger partial charge in [-0.2, -0.15) is 5.10 Å². The second-order valence-corrected chi connectivity index (χ2v) is 8.75. The zero-order chi connectivity index (χ0) is 25.1. The first-order valence-electron chi connectivity index (χ1n) is 11.1. The highest BCUT2D eigenvalue weighted by Gasteiger charge is 2.35. The van der Waals surface area contributed by atoms with Crippen molar-refractivity contribution in [2.75, 3.05) is 19.8 Å². The van der Waals surface area contributed by atoms with Gasteiger partial charge in [-0.1, -0.05) is 17.7 Å². The molecule has 1 aromatic heterocycles. The Morgan fingerprint density at radius 1 is 1.17 bits per heavy atom. The molecule has 0 bridgehead atoms. The van der Waals surface area contributed by atoms with Gasteiger partial charge >= 0.3 is 12.1 Å². The lowest BCUT2D eigenvalue weighted by Gasteiger charge is -2.37. The lowest BCUT2D eigenvalue weighted by molar-refractivity contribution is -0.139. The Bertz CT molecular complexity index is 1260. The fourth-order valence-electron chi connectivity index (χ4n) is 4.34. The summed E-state index contributed by atoms with van der Waals surface area (Å²) in [4.78, 5) is 25.9. The predicted molar refractivity (Wildman–Crippen MR) is 126 cm³/mol. The van der Waals surface area contributed by atoms with Gasteiger partial charge in [0.25, 0.3) is 0 Å². The van der Waals surface area contributed by atoms with Crippen LogP contribution in [0, 0.1) is 19.7 Å². The highest BCUT2D eigenvalue weighted by atomic mass is 35.5. The number of benzene rings is 2. The Labute approximate surface area is 206 Å². The molecule has 3 aromatic rings. The molecule has 0 saturated carbocycles. The van der Waals surface area contributed by atoms with Gasteiger partial charge in [-0.05, 0) is 67.8 Å². The molecule has 1 unspecified atom stereocenters. The zero-order valence-electron chi connectivity index (χ0n) is 19.3. The minimum absolute atomic E-state index is 0.109. The van der Waals surface area contributed by atoms with Gasteiger partial charge in [0.15, 0.2) is 6.61 Å². The Hall–Kier alpha value is -3.59. The number of nitrogens with zero attached hydrogens (tertiary/aromatic N) is 3. The van der Waals surface area contributed by atoms with E-state index < -0.39 is 24.7 Å². The molecule has 1 atom stereocenters. The summed E-state index contributed by atoms with van der Waals surface area (Å²) >= 11 is 6.27. The number of aliphatic carboxylic acids is 1. The third kappa shape index (κ3) is 5.57. The molecule has 2 aromatic carbocycles. The van der Waals surface area contributed by atoms with E-state index in [-0.39, 0.29) is 24.7 Å². The van der Waals surface area contributed by atoms with Crippen LogP contribution in [-0.4, -0.2) is 51.6 Å². The lowest BCUT2D eigenvalue weighted by Crippen LogP contribution is -2.41. The first-order chi connectivity index (χ1) is 16.7. The van der Waals surface area contributed by atoms with Crippen molar-refractivity contribution in [1.82, 2.24) is 14.7 Å². The predicted octanol–water partition coefficient (Wildman–Crippen LogP) is 4.54. The van der Waals surface area contributed by atoms with E-state index in [1.807, 2.05) is 19.9 Å². The van der Waals surface area contributed by atoms with Crippen LogP contribution in [-0.2, 0) is 22.5 Å². The number of carbonyl (C=O) groups excluding carboxylic acids is 1. The Balaban J connectivity index is 1.64. The quantitative estimate of drug-likeness (QED) is 0.511. The van der Waals surface area contributed by atoms with Crippen molar-refractivity contribution in [2.45, 2.75) is 32.9 Å². The number of carboxylic acids is 1. The van der Waals surface area contributed by atoms with Crippen molar-refractivity contribution >= 4 is 23.7 Å². The molecule has 0 radical (unpaired) electrons. The number of aryl methyl sites for hydroxylation is 2. The van der Waals surface area contributed by atoms with Gasteiger partial charge in [0, 0.05) is 22.8 Å². The third-order valence-corrected chi connectivity index (χ3v) is 6.05. The molecule has 8 nitrogen and oxygen atoms in total. The molecule has 0 aliphatic carbocycles. The van der Waals surface area contributed by atoms with Crippen LogP contribution in [0.3, 0.4) is 0 Å². The molecule has 1 N–H and O–H groups in total. The molecule has 0 spiro atoms. The van der Waals surface area contributed by atoms with E-state index in [0.717, 1.165) is 17.0 Å². The average molecular weight is 502 g/mol. The maximum atomic E-state index is 14.0. The van der Waals surface area contributed by atoms with Crippen LogP contribution >= 0.6 is 11.6 Å². The number of aromatic nitrogens is 2. The second kappa shape index (κ2) is 10.4. The van der Waals surface area contributed by atoms with Gasteiger partial charge in [-0.3, -0.25) is 9.58 Å². The Kier molecular flexibility index (Phi) is 7.25. The number of carbonyl (C=O) groups is 2. The van der Waals surface area contributed by atoms with E-state index in [9.17, 15) is 14.0 Å². The van der Waals surface area contributed by atoms with E-state index in [0.29, 0.717) is 29.1 Å². The van der Waals surface area contributed by atoms with Crippen LogP contribution in [0.25, 0.3) is 0 Å². The molecule has 1 aliphatic rings. The smallest absolute Gasteiger partial charge is 0.410 e. The summed E-state index contributed by atoms with van der Waals surface area (Å²) in [5.74, 6) is -1.26. The molecule has 184 valence electrons. The molecular weight excluding hydrogens is 477 g/mol. The topological polar surface area (TPSA) is 93.9 Å². The van der Waals surface area contributed by atoms with Crippen molar-refractivity contribution in [3.05, 3.63) is 81.4 Å². The van der Waals surface area contributed by atoms with Crippen molar-refractivity contribution < 1.29 is 28.6 Å². The molecule has 2 heterocycles. The molecule has 1 amide bonds. The van der Waals surface area contributed by atoms with Gasteiger partial charge < -0.3 is 14.6 Å². The van der Waals surface area contributed by atoms with Crippen LogP contribution < -0.4 is 4.74 Å². The summed E-state index contributed by atoms with van der Waals surface area (Å²) in [6, 6.07) is 10.4. The number of rotatable bonds is 7. The number of fused-ring (bicyclic) bond motifs is 1. The minimum atomic E-state index is -1.14. The van der Waals surface area contributed by atoms with E-state index >= 15 is 0 Å². The Morgan fingerprint density at radius 2 is 1.97 bits per heavy atom. The van der Waals surface area contributed by atoms with Crippen LogP contribution in [0.15, 0.2) is 42.5 Å². The third-order valence-electron chi connectivity index (χ3n) is 5.82. The largest absolute Gasteiger partial charge is 0.482 e. The highest BCUT2D eigenvalue weighted by molar-refractivity contribution is 6.30. The second-order valence-electron chi connectivity index (χ2n) is 8.32. The molecular formula is C25H25ClFN3O5. The maximum Gasteiger partial charge on any atom is 0.410 e. The molecule has 0 fully saturated rings. The van der Waals surface area contributed by atoms with Gasteiger partial charge in [0.1, 0.15) is 18.2 Å². The van der Waals surface area contributed by atoms with Gasteiger partial charge in [-0.25, -0.2) is 14.0 Å². The van der Waals surface area contributed by atoms with E-state index in [4.69, 9.17) is 26.2 Å². The minimum Gasteiger partial charge on any atom is -0.482 e. The van der Waals surface area contributed by atoms with E-state index in [1.54, 1.807) is 28.9 Å².